The number of aromatic nitrogens is 2. The molecule has 116 valence electrons. The largest absolute Gasteiger partial charge is 0.459 e. The van der Waals surface area contributed by atoms with Crippen LogP contribution in [-0.2, 0) is 12.1 Å². The monoisotopic (exact) mass is 301 g/mol. The summed E-state index contributed by atoms with van der Waals surface area (Å²) >= 11 is 0. The second kappa shape index (κ2) is 5.14. The van der Waals surface area contributed by atoms with Crippen molar-refractivity contribution in [1.82, 2.24) is 10.2 Å². The van der Waals surface area contributed by atoms with Gasteiger partial charge < -0.3 is 19.3 Å². The van der Waals surface area contributed by atoms with Crippen LogP contribution in [0.2, 0.25) is 0 Å². The van der Waals surface area contributed by atoms with E-state index in [0.717, 1.165) is 16.7 Å². The predicted molar refractivity (Wildman–Crippen MR) is 82.6 cm³/mol. The van der Waals surface area contributed by atoms with E-state index < -0.39 is 5.60 Å². The van der Waals surface area contributed by atoms with Crippen molar-refractivity contribution in [1.29, 1.82) is 0 Å². The average Bonchev–Trinajstić information content (AvgIpc) is 3.03. The van der Waals surface area contributed by atoms with Crippen LogP contribution in [0.4, 0.5) is 6.01 Å². The second-order valence-electron chi connectivity index (χ2n) is 6.01. The lowest BCUT2D eigenvalue weighted by atomic mass is 10.1. The van der Waals surface area contributed by atoms with Crippen LogP contribution in [-0.4, -0.2) is 15.3 Å². The zero-order chi connectivity index (χ0) is 15.9. The molecule has 1 aromatic carbocycles. The minimum absolute atomic E-state index is 0.172. The molecule has 2 aromatic heterocycles. The minimum atomic E-state index is -1.15. The highest BCUT2D eigenvalue weighted by Crippen LogP contribution is 2.24. The van der Waals surface area contributed by atoms with Crippen molar-refractivity contribution < 1.29 is 13.9 Å². The molecule has 0 spiro atoms. The van der Waals surface area contributed by atoms with Crippen molar-refractivity contribution in [2.24, 2.45) is 0 Å². The van der Waals surface area contributed by atoms with Crippen LogP contribution >= 0.6 is 0 Å². The lowest BCUT2D eigenvalue weighted by molar-refractivity contribution is 0.0489. The van der Waals surface area contributed by atoms with Gasteiger partial charge in [0.1, 0.15) is 16.9 Å². The van der Waals surface area contributed by atoms with Gasteiger partial charge in [-0.2, -0.15) is 0 Å². The summed E-state index contributed by atoms with van der Waals surface area (Å²) in [5.41, 5.74) is 2.15. The number of aliphatic hydroxyl groups is 1. The first-order chi connectivity index (χ1) is 10.3. The van der Waals surface area contributed by atoms with E-state index in [2.05, 4.69) is 35.4 Å². The second-order valence-corrected chi connectivity index (χ2v) is 6.01. The van der Waals surface area contributed by atoms with Crippen molar-refractivity contribution in [3.05, 3.63) is 41.0 Å². The van der Waals surface area contributed by atoms with Crippen LogP contribution in [0.25, 0.3) is 11.0 Å². The Morgan fingerprint density at radius 2 is 1.82 bits per heavy atom. The summed E-state index contributed by atoms with van der Waals surface area (Å²) in [6.07, 6.45) is 0. The van der Waals surface area contributed by atoms with E-state index in [1.54, 1.807) is 13.8 Å². The number of furan rings is 1. The fraction of sp³-hybridized carbons (Fsp3) is 0.375. The molecule has 0 unspecified atom stereocenters. The molecule has 3 rings (SSSR count). The first-order valence-corrected chi connectivity index (χ1v) is 7.13. The Morgan fingerprint density at radius 3 is 2.50 bits per heavy atom. The number of fused-ring (bicyclic) bond motifs is 1. The number of nitrogens with one attached hydrogen (secondary N) is 1. The van der Waals surface area contributed by atoms with Crippen LogP contribution in [0.15, 0.2) is 27.0 Å². The highest BCUT2D eigenvalue weighted by molar-refractivity contribution is 5.79. The van der Waals surface area contributed by atoms with E-state index in [-0.39, 0.29) is 11.9 Å². The van der Waals surface area contributed by atoms with Gasteiger partial charge in [0.05, 0.1) is 6.54 Å². The minimum Gasteiger partial charge on any atom is -0.459 e. The van der Waals surface area contributed by atoms with Crippen LogP contribution < -0.4 is 5.32 Å². The third-order valence-electron chi connectivity index (χ3n) is 3.55. The zero-order valence-electron chi connectivity index (χ0n) is 13.1. The molecule has 0 aliphatic carbocycles. The molecule has 22 heavy (non-hydrogen) atoms. The van der Waals surface area contributed by atoms with Gasteiger partial charge in [0.15, 0.2) is 0 Å². The lowest BCUT2D eigenvalue weighted by Gasteiger charge is -2.09. The van der Waals surface area contributed by atoms with Gasteiger partial charge in [-0.25, -0.2) is 0 Å². The standard InChI is InChI=1S/C16H19N3O3/c1-9-5-11-7-12(21-13(11)6-10(9)2)8-17-15-19-18-14(22-15)16(3,4)20/h5-7,20H,8H2,1-4H3,(H,17,19). The van der Waals surface area contributed by atoms with Gasteiger partial charge in [0.2, 0.25) is 5.89 Å². The smallest absolute Gasteiger partial charge is 0.315 e. The Kier molecular flexibility index (Phi) is 3.41. The fourth-order valence-corrected chi connectivity index (χ4v) is 2.15. The molecule has 0 fully saturated rings. The Balaban J connectivity index is 1.75. The molecule has 0 atom stereocenters. The first-order valence-electron chi connectivity index (χ1n) is 7.13. The van der Waals surface area contributed by atoms with Gasteiger partial charge in [-0.15, -0.1) is 5.10 Å². The topological polar surface area (TPSA) is 84.3 Å². The molecule has 0 radical (unpaired) electrons. The molecular formula is C16H19N3O3. The third kappa shape index (κ3) is 2.82. The molecule has 0 aliphatic rings. The fourth-order valence-electron chi connectivity index (χ4n) is 2.15. The molecule has 0 saturated heterocycles. The number of benzene rings is 1. The number of nitrogens with zero attached hydrogens (tertiary/aromatic N) is 2. The molecule has 0 amide bonds. The van der Waals surface area contributed by atoms with Crippen molar-refractivity contribution in [2.75, 3.05) is 5.32 Å². The van der Waals surface area contributed by atoms with E-state index in [0.29, 0.717) is 6.54 Å². The van der Waals surface area contributed by atoms with Crippen molar-refractivity contribution >= 4 is 17.0 Å². The summed E-state index contributed by atoms with van der Waals surface area (Å²) in [7, 11) is 0. The molecule has 0 saturated carbocycles. The van der Waals surface area contributed by atoms with Crippen molar-refractivity contribution in [3.8, 4) is 0 Å². The molecular weight excluding hydrogens is 282 g/mol. The third-order valence-corrected chi connectivity index (χ3v) is 3.55. The van der Waals surface area contributed by atoms with Gasteiger partial charge in [-0.05, 0) is 57.0 Å². The first kappa shape index (κ1) is 14.6. The summed E-state index contributed by atoms with van der Waals surface area (Å²) in [6.45, 7) is 7.75. The van der Waals surface area contributed by atoms with E-state index in [4.69, 9.17) is 8.83 Å². The number of aryl methyl sites for hydroxylation is 2. The predicted octanol–water partition coefficient (Wildman–Crippen LogP) is 3.27. The summed E-state index contributed by atoms with van der Waals surface area (Å²) in [5, 5.41) is 21.5. The van der Waals surface area contributed by atoms with Crippen LogP contribution in [0.5, 0.6) is 0 Å². The van der Waals surface area contributed by atoms with E-state index in [1.807, 2.05) is 12.1 Å². The molecule has 6 nitrogen and oxygen atoms in total. The highest BCUT2D eigenvalue weighted by Gasteiger charge is 2.23. The number of hydrogen-bond donors (Lipinski definition) is 2. The van der Waals surface area contributed by atoms with Crippen molar-refractivity contribution in [2.45, 2.75) is 39.8 Å². The van der Waals surface area contributed by atoms with E-state index in [1.165, 1.54) is 11.1 Å². The SMILES string of the molecule is Cc1cc2cc(CNc3nnc(C(C)(C)O)o3)oc2cc1C. The van der Waals surface area contributed by atoms with Gasteiger partial charge in [-0.1, -0.05) is 5.10 Å². The molecule has 2 N–H and O–H groups in total. The molecule has 3 aromatic rings. The summed E-state index contributed by atoms with van der Waals surface area (Å²) in [5.74, 6) is 0.953. The van der Waals surface area contributed by atoms with Gasteiger partial charge >= 0.3 is 6.01 Å². The molecule has 0 bridgehead atoms. The van der Waals surface area contributed by atoms with E-state index >= 15 is 0 Å². The maximum absolute atomic E-state index is 9.79. The maximum Gasteiger partial charge on any atom is 0.315 e. The molecule has 0 aliphatic heterocycles. The molecule has 2 heterocycles. The number of anilines is 1. The zero-order valence-corrected chi connectivity index (χ0v) is 13.1. The van der Waals surface area contributed by atoms with Crippen LogP contribution in [0.1, 0.15) is 36.6 Å². The quantitative estimate of drug-likeness (QED) is 0.769. The number of rotatable bonds is 4. The maximum atomic E-state index is 9.79. The Hall–Kier alpha value is -2.34. The van der Waals surface area contributed by atoms with E-state index in [9.17, 15) is 5.11 Å². The van der Waals surface area contributed by atoms with Gasteiger partial charge in [0, 0.05) is 5.39 Å². The van der Waals surface area contributed by atoms with Crippen molar-refractivity contribution in [3.63, 3.8) is 0 Å². The normalized spacial score (nSPS) is 12.0. The van der Waals surface area contributed by atoms with Crippen LogP contribution in [0.3, 0.4) is 0 Å². The number of hydrogen-bond acceptors (Lipinski definition) is 6. The summed E-state index contributed by atoms with van der Waals surface area (Å²) in [4.78, 5) is 0. The average molecular weight is 301 g/mol. The summed E-state index contributed by atoms with van der Waals surface area (Å²) < 4.78 is 11.2. The van der Waals surface area contributed by atoms with Gasteiger partial charge in [0.25, 0.3) is 0 Å². The Labute approximate surface area is 128 Å². The Morgan fingerprint density at radius 1 is 1.09 bits per heavy atom. The van der Waals surface area contributed by atoms with Gasteiger partial charge in [-0.3, -0.25) is 0 Å². The lowest BCUT2D eigenvalue weighted by Crippen LogP contribution is -2.15. The summed E-state index contributed by atoms with van der Waals surface area (Å²) in [6, 6.07) is 6.39. The highest BCUT2D eigenvalue weighted by atomic mass is 16.4. The van der Waals surface area contributed by atoms with Crippen LogP contribution in [0, 0.1) is 13.8 Å². The Bertz CT molecular complexity index is 773. The molecule has 6 heteroatoms.